The molecule has 0 radical (unpaired) electrons. The summed E-state index contributed by atoms with van der Waals surface area (Å²) in [6, 6.07) is 5.88. The second-order valence-corrected chi connectivity index (χ2v) is 6.41. The number of thiazole rings is 1. The van der Waals surface area contributed by atoms with Crippen LogP contribution in [0.4, 0.5) is 5.13 Å². The van der Waals surface area contributed by atoms with E-state index in [9.17, 15) is 0 Å². The Morgan fingerprint density at radius 3 is 2.84 bits per heavy atom. The van der Waals surface area contributed by atoms with E-state index in [1.54, 1.807) is 11.3 Å². The zero-order valence-electron chi connectivity index (χ0n) is 10.7. The van der Waals surface area contributed by atoms with Gasteiger partial charge in [0.2, 0.25) is 0 Å². The molecule has 2 aromatic rings. The molecule has 1 N–H and O–H groups in total. The van der Waals surface area contributed by atoms with Crippen LogP contribution < -0.4 is 4.90 Å². The Bertz CT molecular complexity index is 564. The molecule has 0 saturated carbocycles. The van der Waals surface area contributed by atoms with E-state index in [2.05, 4.69) is 9.88 Å². The lowest BCUT2D eigenvalue weighted by Gasteiger charge is -2.31. The molecular weight excluding hydrogens is 280 g/mol. The second-order valence-electron chi connectivity index (χ2n) is 5.03. The van der Waals surface area contributed by atoms with Gasteiger partial charge in [-0.05, 0) is 37.3 Å². The van der Waals surface area contributed by atoms with Gasteiger partial charge in [-0.3, -0.25) is 0 Å². The molecule has 0 bridgehead atoms. The molecule has 0 unspecified atom stereocenters. The SMILES string of the molecule is OCCC1CCN(c2nc3cccc(Cl)c3s2)CC1. The lowest BCUT2D eigenvalue weighted by atomic mass is 9.94. The summed E-state index contributed by atoms with van der Waals surface area (Å²) in [7, 11) is 0. The Labute approximate surface area is 121 Å². The molecule has 0 aliphatic carbocycles. The van der Waals surface area contributed by atoms with Crippen molar-refractivity contribution in [1.82, 2.24) is 4.98 Å². The normalized spacial score (nSPS) is 17.3. The summed E-state index contributed by atoms with van der Waals surface area (Å²) >= 11 is 7.88. The monoisotopic (exact) mass is 296 g/mol. The van der Waals surface area contributed by atoms with Gasteiger partial charge in [-0.2, -0.15) is 0 Å². The zero-order valence-corrected chi connectivity index (χ0v) is 12.3. The largest absolute Gasteiger partial charge is 0.396 e. The third kappa shape index (κ3) is 2.71. The molecule has 19 heavy (non-hydrogen) atoms. The number of nitrogens with zero attached hydrogens (tertiary/aromatic N) is 2. The number of anilines is 1. The van der Waals surface area contributed by atoms with Crippen molar-refractivity contribution in [2.45, 2.75) is 19.3 Å². The molecule has 5 heteroatoms. The average molecular weight is 297 g/mol. The van der Waals surface area contributed by atoms with Crippen molar-refractivity contribution in [2.24, 2.45) is 5.92 Å². The highest BCUT2D eigenvalue weighted by Gasteiger charge is 2.21. The van der Waals surface area contributed by atoms with Gasteiger partial charge in [-0.1, -0.05) is 29.0 Å². The Morgan fingerprint density at radius 2 is 2.16 bits per heavy atom. The summed E-state index contributed by atoms with van der Waals surface area (Å²) in [6.07, 6.45) is 3.22. The van der Waals surface area contributed by atoms with Gasteiger partial charge in [-0.25, -0.2) is 4.98 Å². The van der Waals surface area contributed by atoms with Crippen LogP contribution in [-0.4, -0.2) is 29.8 Å². The first-order valence-corrected chi connectivity index (χ1v) is 7.88. The molecule has 0 spiro atoms. The van der Waals surface area contributed by atoms with Crippen molar-refractivity contribution in [3.05, 3.63) is 23.2 Å². The van der Waals surface area contributed by atoms with E-state index in [1.807, 2.05) is 18.2 Å². The Hall–Kier alpha value is -0.840. The summed E-state index contributed by atoms with van der Waals surface area (Å²) in [5.74, 6) is 0.666. The first kappa shape index (κ1) is 13.2. The van der Waals surface area contributed by atoms with E-state index in [4.69, 9.17) is 16.7 Å². The number of aliphatic hydroxyl groups is 1. The molecule has 1 fully saturated rings. The Balaban J connectivity index is 1.77. The van der Waals surface area contributed by atoms with Crippen molar-refractivity contribution < 1.29 is 5.11 Å². The van der Waals surface area contributed by atoms with E-state index in [0.717, 1.165) is 52.7 Å². The zero-order chi connectivity index (χ0) is 13.2. The van der Waals surface area contributed by atoms with Crippen LogP contribution in [0, 0.1) is 5.92 Å². The molecule has 1 aliphatic heterocycles. The van der Waals surface area contributed by atoms with Crippen molar-refractivity contribution in [2.75, 3.05) is 24.6 Å². The number of aromatic nitrogens is 1. The fourth-order valence-electron chi connectivity index (χ4n) is 2.63. The van der Waals surface area contributed by atoms with Crippen molar-refractivity contribution in [3.8, 4) is 0 Å². The summed E-state index contributed by atoms with van der Waals surface area (Å²) in [4.78, 5) is 7.02. The molecular formula is C14H17ClN2OS. The van der Waals surface area contributed by atoms with Crippen molar-refractivity contribution >= 4 is 38.3 Å². The van der Waals surface area contributed by atoms with Gasteiger partial charge < -0.3 is 10.0 Å². The van der Waals surface area contributed by atoms with Crippen LogP contribution in [0.15, 0.2) is 18.2 Å². The number of piperidine rings is 1. The smallest absolute Gasteiger partial charge is 0.186 e. The van der Waals surface area contributed by atoms with Gasteiger partial charge in [0.05, 0.1) is 15.2 Å². The number of fused-ring (bicyclic) bond motifs is 1. The fraction of sp³-hybridized carbons (Fsp3) is 0.500. The summed E-state index contributed by atoms with van der Waals surface area (Å²) in [5, 5.41) is 10.9. The topological polar surface area (TPSA) is 36.4 Å². The number of rotatable bonds is 3. The van der Waals surface area contributed by atoms with Crippen molar-refractivity contribution in [1.29, 1.82) is 0 Å². The maximum atomic E-state index is 8.99. The minimum atomic E-state index is 0.307. The van der Waals surface area contributed by atoms with Gasteiger partial charge in [0.1, 0.15) is 0 Å². The van der Waals surface area contributed by atoms with Crippen molar-refractivity contribution in [3.63, 3.8) is 0 Å². The maximum Gasteiger partial charge on any atom is 0.186 e. The van der Waals surface area contributed by atoms with Crippen LogP contribution in [-0.2, 0) is 0 Å². The number of hydrogen-bond acceptors (Lipinski definition) is 4. The molecule has 1 saturated heterocycles. The standard InChI is InChI=1S/C14H17ClN2OS/c15-11-2-1-3-12-13(11)19-14(16-12)17-7-4-10(5-8-17)6-9-18/h1-3,10,18H,4-9H2. The summed E-state index contributed by atoms with van der Waals surface area (Å²) in [5.41, 5.74) is 0.991. The van der Waals surface area contributed by atoms with Gasteiger partial charge in [0.25, 0.3) is 0 Å². The van der Waals surface area contributed by atoms with E-state index >= 15 is 0 Å². The molecule has 2 heterocycles. The molecule has 102 valence electrons. The second kappa shape index (κ2) is 5.65. The molecule has 0 atom stereocenters. The number of halogens is 1. The minimum absolute atomic E-state index is 0.307. The quantitative estimate of drug-likeness (QED) is 0.941. The van der Waals surface area contributed by atoms with Crippen LogP contribution in [0.1, 0.15) is 19.3 Å². The van der Waals surface area contributed by atoms with E-state index in [1.165, 1.54) is 0 Å². The first-order chi connectivity index (χ1) is 9.28. The highest BCUT2D eigenvalue weighted by molar-refractivity contribution is 7.22. The Kier molecular flexibility index (Phi) is 3.91. The third-order valence-corrected chi connectivity index (χ3v) is 5.37. The van der Waals surface area contributed by atoms with Crippen LogP contribution in [0.25, 0.3) is 10.2 Å². The maximum absolute atomic E-state index is 8.99. The first-order valence-electron chi connectivity index (χ1n) is 6.69. The number of benzene rings is 1. The van der Waals surface area contributed by atoms with Crippen LogP contribution in [0.5, 0.6) is 0 Å². The Morgan fingerprint density at radius 1 is 1.37 bits per heavy atom. The predicted molar refractivity (Wildman–Crippen MR) is 81.3 cm³/mol. The van der Waals surface area contributed by atoms with Crippen LogP contribution in [0.3, 0.4) is 0 Å². The van der Waals surface area contributed by atoms with E-state index < -0.39 is 0 Å². The van der Waals surface area contributed by atoms with E-state index in [-0.39, 0.29) is 0 Å². The molecule has 1 aromatic carbocycles. The highest BCUT2D eigenvalue weighted by atomic mass is 35.5. The number of aliphatic hydroxyl groups excluding tert-OH is 1. The van der Waals surface area contributed by atoms with Gasteiger partial charge >= 0.3 is 0 Å². The molecule has 1 aliphatic rings. The van der Waals surface area contributed by atoms with Gasteiger partial charge in [0.15, 0.2) is 5.13 Å². The molecule has 3 nitrogen and oxygen atoms in total. The number of hydrogen-bond donors (Lipinski definition) is 1. The predicted octanol–water partition coefficient (Wildman–Crippen LogP) is 3.55. The summed E-state index contributed by atoms with van der Waals surface area (Å²) in [6.45, 7) is 2.37. The fourth-order valence-corrected chi connectivity index (χ4v) is 3.94. The van der Waals surface area contributed by atoms with Gasteiger partial charge in [-0.15, -0.1) is 0 Å². The van der Waals surface area contributed by atoms with Crippen LogP contribution >= 0.6 is 22.9 Å². The molecule has 0 amide bonds. The molecule has 1 aromatic heterocycles. The average Bonchev–Trinajstić information content (AvgIpc) is 2.85. The summed E-state index contributed by atoms with van der Waals surface area (Å²) < 4.78 is 1.08. The lowest BCUT2D eigenvalue weighted by molar-refractivity contribution is 0.240. The third-order valence-electron chi connectivity index (χ3n) is 3.78. The van der Waals surface area contributed by atoms with Crippen LogP contribution in [0.2, 0.25) is 5.02 Å². The lowest BCUT2D eigenvalue weighted by Crippen LogP contribution is -2.33. The minimum Gasteiger partial charge on any atom is -0.396 e. The van der Waals surface area contributed by atoms with Gasteiger partial charge in [0, 0.05) is 19.7 Å². The molecule has 3 rings (SSSR count). The van der Waals surface area contributed by atoms with E-state index in [0.29, 0.717) is 12.5 Å². The highest BCUT2D eigenvalue weighted by Crippen LogP contribution is 2.35.